The Labute approximate surface area is 157 Å². The van der Waals surface area contributed by atoms with Gasteiger partial charge in [-0.15, -0.1) is 11.3 Å². The Kier molecular flexibility index (Phi) is 4.76. The topological polar surface area (TPSA) is 114 Å². The Bertz CT molecular complexity index is 1050. The van der Waals surface area contributed by atoms with Crippen LogP contribution in [0.5, 0.6) is 0 Å². The molecule has 1 amide bonds. The highest BCUT2D eigenvalue weighted by atomic mass is 32.1. The average Bonchev–Trinajstić information content (AvgIpc) is 3.36. The van der Waals surface area contributed by atoms with Gasteiger partial charge in [-0.05, 0) is 37.0 Å². The summed E-state index contributed by atoms with van der Waals surface area (Å²) >= 11 is 1.54. The van der Waals surface area contributed by atoms with Crippen LogP contribution in [0.15, 0.2) is 27.6 Å². The summed E-state index contributed by atoms with van der Waals surface area (Å²) in [5, 5.41) is 3.23. The van der Waals surface area contributed by atoms with Crippen molar-refractivity contribution >= 4 is 33.4 Å². The third-order valence-electron chi connectivity index (χ3n) is 4.35. The number of nitrogens with one attached hydrogen (secondary N) is 2. The number of carbonyl (C=O) groups excluding carboxylic acids is 2. The van der Waals surface area contributed by atoms with Gasteiger partial charge in [-0.3, -0.25) is 14.4 Å². The predicted molar refractivity (Wildman–Crippen MR) is 97.7 cm³/mol. The number of aryl methyl sites for hydroxylation is 2. The van der Waals surface area contributed by atoms with Gasteiger partial charge in [0, 0.05) is 11.4 Å². The minimum Gasteiger partial charge on any atom is -0.459 e. The first-order valence-corrected chi connectivity index (χ1v) is 9.44. The van der Waals surface area contributed by atoms with E-state index >= 15 is 0 Å². The van der Waals surface area contributed by atoms with E-state index in [-0.39, 0.29) is 30.9 Å². The Morgan fingerprint density at radius 1 is 1.37 bits per heavy atom. The number of hydrogen-bond acceptors (Lipinski definition) is 7. The maximum absolute atomic E-state index is 12.3. The van der Waals surface area contributed by atoms with Gasteiger partial charge in [-0.1, -0.05) is 0 Å². The van der Waals surface area contributed by atoms with Crippen molar-refractivity contribution in [3.05, 3.63) is 50.8 Å². The van der Waals surface area contributed by atoms with Crippen molar-refractivity contribution in [2.45, 2.75) is 32.3 Å². The first kappa shape index (κ1) is 17.5. The molecule has 4 rings (SSSR count). The Morgan fingerprint density at radius 2 is 2.26 bits per heavy atom. The molecule has 140 valence electrons. The number of nitrogens with zero attached hydrogens (tertiary/aromatic N) is 1. The van der Waals surface area contributed by atoms with Gasteiger partial charge in [0.1, 0.15) is 17.3 Å². The van der Waals surface area contributed by atoms with E-state index in [1.54, 1.807) is 6.07 Å². The fourth-order valence-electron chi connectivity index (χ4n) is 3.11. The Hall–Kier alpha value is -2.94. The highest BCUT2D eigenvalue weighted by molar-refractivity contribution is 7.18. The number of H-pyrrole nitrogens is 1. The number of esters is 1. The van der Waals surface area contributed by atoms with Gasteiger partial charge in [-0.2, -0.15) is 0 Å². The van der Waals surface area contributed by atoms with Crippen LogP contribution in [-0.4, -0.2) is 28.4 Å². The smallest absolute Gasteiger partial charge is 0.308 e. The second-order valence-corrected chi connectivity index (χ2v) is 7.28. The van der Waals surface area contributed by atoms with E-state index in [2.05, 4.69) is 15.3 Å². The first-order chi connectivity index (χ1) is 13.1. The second-order valence-electron chi connectivity index (χ2n) is 6.19. The fraction of sp³-hybridized carbons (Fsp3) is 0.333. The van der Waals surface area contributed by atoms with Gasteiger partial charge in [-0.25, -0.2) is 4.98 Å². The molecule has 0 unspecified atom stereocenters. The molecule has 0 atom stereocenters. The number of aromatic nitrogens is 2. The van der Waals surface area contributed by atoms with Crippen LogP contribution in [0.25, 0.3) is 10.2 Å². The molecule has 1 aliphatic carbocycles. The predicted octanol–water partition coefficient (Wildman–Crippen LogP) is 1.93. The third-order valence-corrected chi connectivity index (χ3v) is 5.54. The summed E-state index contributed by atoms with van der Waals surface area (Å²) in [7, 11) is 0. The summed E-state index contributed by atoms with van der Waals surface area (Å²) in [5.74, 6) is -0.386. The molecule has 0 aliphatic heterocycles. The van der Waals surface area contributed by atoms with Crippen LogP contribution < -0.4 is 10.9 Å². The molecule has 2 N–H and O–H groups in total. The minimum absolute atomic E-state index is 0.00617. The summed E-state index contributed by atoms with van der Waals surface area (Å²) in [6.45, 7) is 0.0116. The van der Waals surface area contributed by atoms with Crippen LogP contribution in [-0.2, 0) is 29.0 Å². The maximum atomic E-state index is 12.3. The number of fused-ring (bicyclic) bond motifs is 3. The van der Waals surface area contributed by atoms with Crippen molar-refractivity contribution in [1.82, 2.24) is 15.3 Å². The van der Waals surface area contributed by atoms with E-state index < -0.39 is 11.9 Å². The molecule has 1 aliphatic rings. The molecular weight excluding hydrogens is 370 g/mol. The lowest BCUT2D eigenvalue weighted by molar-refractivity contribution is -0.145. The van der Waals surface area contributed by atoms with E-state index in [9.17, 15) is 14.4 Å². The monoisotopic (exact) mass is 387 g/mol. The lowest BCUT2D eigenvalue weighted by atomic mass is 10.2. The molecule has 0 saturated heterocycles. The number of aromatic amines is 1. The Balaban J connectivity index is 1.31. The molecule has 0 saturated carbocycles. The van der Waals surface area contributed by atoms with Crippen LogP contribution in [0.4, 0.5) is 0 Å². The molecule has 0 spiro atoms. The zero-order chi connectivity index (χ0) is 18.8. The largest absolute Gasteiger partial charge is 0.459 e. The van der Waals surface area contributed by atoms with Crippen LogP contribution in [0.2, 0.25) is 0 Å². The molecule has 0 fully saturated rings. The van der Waals surface area contributed by atoms with E-state index in [1.807, 2.05) is 0 Å². The van der Waals surface area contributed by atoms with Crippen molar-refractivity contribution in [2.75, 3.05) is 6.54 Å². The highest BCUT2D eigenvalue weighted by Crippen LogP contribution is 2.34. The number of carbonyl (C=O) groups is 2. The molecule has 0 radical (unpaired) electrons. The van der Waals surface area contributed by atoms with Gasteiger partial charge in [0.25, 0.3) is 11.5 Å². The number of furan rings is 1. The van der Waals surface area contributed by atoms with Gasteiger partial charge in [0.2, 0.25) is 0 Å². The number of rotatable bonds is 6. The SMILES string of the molecule is O=C(CCNC(=O)c1ccco1)OCc1nc2sc3c(c2c(=O)[nH]1)CCC3. The van der Waals surface area contributed by atoms with Gasteiger partial charge in [0.05, 0.1) is 18.1 Å². The first-order valence-electron chi connectivity index (χ1n) is 8.62. The summed E-state index contributed by atoms with van der Waals surface area (Å²) in [6.07, 6.45) is 4.39. The summed E-state index contributed by atoms with van der Waals surface area (Å²) < 4.78 is 10.1. The van der Waals surface area contributed by atoms with Crippen LogP contribution in [0, 0.1) is 0 Å². The van der Waals surface area contributed by atoms with Crippen molar-refractivity contribution < 1.29 is 18.7 Å². The summed E-state index contributed by atoms with van der Waals surface area (Å²) in [4.78, 5) is 44.9. The molecule has 3 aromatic rings. The average molecular weight is 387 g/mol. The van der Waals surface area contributed by atoms with Crippen LogP contribution in [0.3, 0.4) is 0 Å². The minimum atomic E-state index is -0.494. The molecule has 3 aromatic heterocycles. The van der Waals surface area contributed by atoms with Gasteiger partial charge < -0.3 is 19.5 Å². The Morgan fingerprint density at radius 3 is 3.07 bits per heavy atom. The van der Waals surface area contributed by atoms with Gasteiger partial charge in [0.15, 0.2) is 5.76 Å². The van der Waals surface area contributed by atoms with E-state index in [4.69, 9.17) is 9.15 Å². The summed E-state index contributed by atoms with van der Waals surface area (Å²) in [5.41, 5.74) is 0.927. The van der Waals surface area contributed by atoms with Crippen molar-refractivity contribution in [1.29, 1.82) is 0 Å². The number of thiophene rings is 1. The summed E-state index contributed by atoms with van der Waals surface area (Å²) in [6, 6.07) is 3.14. The molecule has 9 heteroatoms. The highest BCUT2D eigenvalue weighted by Gasteiger charge is 2.21. The number of hydrogen-bond donors (Lipinski definition) is 2. The molecule has 0 aromatic carbocycles. The van der Waals surface area contributed by atoms with Crippen LogP contribution in [0.1, 0.15) is 39.7 Å². The number of amides is 1. The zero-order valence-corrected chi connectivity index (χ0v) is 15.2. The third kappa shape index (κ3) is 3.63. The zero-order valence-electron chi connectivity index (χ0n) is 14.4. The number of ether oxygens (including phenoxy) is 1. The lowest BCUT2D eigenvalue weighted by Crippen LogP contribution is -2.26. The standard InChI is InChI=1S/C18H17N3O5S/c22-14(6-7-19-16(23)11-4-2-8-25-11)26-9-13-20-17(24)15-10-3-1-5-12(10)27-18(15)21-13/h2,4,8H,1,3,5-7,9H2,(H,19,23)(H,20,21,24). The quantitative estimate of drug-likeness (QED) is 0.625. The fourth-order valence-corrected chi connectivity index (χ4v) is 4.39. The molecule has 3 heterocycles. The molecule has 8 nitrogen and oxygen atoms in total. The van der Waals surface area contributed by atoms with Crippen LogP contribution >= 0.6 is 11.3 Å². The van der Waals surface area contributed by atoms with Crippen molar-refractivity contribution in [3.8, 4) is 0 Å². The van der Waals surface area contributed by atoms with E-state index in [1.165, 1.54) is 28.5 Å². The lowest BCUT2D eigenvalue weighted by Gasteiger charge is -2.05. The molecule has 0 bridgehead atoms. The molecule has 27 heavy (non-hydrogen) atoms. The second kappa shape index (κ2) is 7.36. The maximum Gasteiger partial charge on any atom is 0.308 e. The van der Waals surface area contributed by atoms with Crippen molar-refractivity contribution in [3.63, 3.8) is 0 Å². The van der Waals surface area contributed by atoms with Gasteiger partial charge >= 0.3 is 5.97 Å². The normalized spacial score (nSPS) is 12.9. The van der Waals surface area contributed by atoms with E-state index in [0.29, 0.717) is 16.0 Å². The van der Waals surface area contributed by atoms with E-state index in [0.717, 1.165) is 24.8 Å². The molecular formula is C18H17N3O5S. The van der Waals surface area contributed by atoms with Crippen molar-refractivity contribution in [2.24, 2.45) is 0 Å².